The maximum absolute atomic E-state index is 13.5. The summed E-state index contributed by atoms with van der Waals surface area (Å²) in [6.07, 6.45) is 2.46. The number of nitrogens with one attached hydrogen (secondary N) is 1. The third-order valence-electron chi connectivity index (χ3n) is 5.42. The first-order valence-electron chi connectivity index (χ1n) is 9.07. The van der Waals surface area contributed by atoms with Gasteiger partial charge in [0, 0.05) is 5.56 Å². The average Bonchev–Trinajstić information content (AvgIpc) is 2.84. The van der Waals surface area contributed by atoms with Gasteiger partial charge in [0.1, 0.15) is 11.4 Å². The number of urea groups is 1. The lowest BCUT2D eigenvalue weighted by atomic mass is 9.73. The van der Waals surface area contributed by atoms with E-state index in [-0.39, 0.29) is 37.4 Å². The van der Waals surface area contributed by atoms with Crippen molar-refractivity contribution < 1.29 is 23.8 Å². The average molecular weight is 364 g/mol. The number of nitrogens with zero attached hydrogens (tertiary/aromatic N) is 1. The molecule has 3 rings (SSSR count). The van der Waals surface area contributed by atoms with Crippen molar-refractivity contribution in [2.45, 2.75) is 50.9 Å². The van der Waals surface area contributed by atoms with Crippen LogP contribution in [0.4, 0.5) is 9.18 Å². The number of benzene rings is 1. The van der Waals surface area contributed by atoms with Crippen molar-refractivity contribution in [3.8, 4) is 0 Å². The summed E-state index contributed by atoms with van der Waals surface area (Å²) in [6, 6.07) is 5.78. The molecule has 1 aliphatic carbocycles. The highest BCUT2D eigenvalue weighted by molar-refractivity contribution is 6.07. The van der Waals surface area contributed by atoms with Crippen LogP contribution in [0.2, 0.25) is 0 Å². The summed E-state index contributed by atoms with van der Waals surface area (Å²) in [5.41, 5.74) is -0.437. The quantitative estimate of drug-likeness (QED) is 0.759. The van der Waals surface area contributed by atoms with Crippen LogP contribution in [-0.2, 0) is 16.1 Å². The molecule has 26 heavy (non-hydrogen) atoms. The number of aliphatic hydroxyl groups excluding tert-OH is 1. The molecule has 1 saturated heterocycles. The van der Waals surface area contributed by atoms with Crippen LogP contribution in [-0.4, -0.2) is 46.7 Å². The van der Waals surface area contributed by atoms with E-state index in [4.69, 9.17) is 4.74 Å². The lowest BCUT2D eigenvalue weighted by molar-refractivity contribution is -0.135. The predicted molar refractivity (Wildman–Crippen MR) is 92.7 cm³/mol. The molecule has 1 saturated carbocycles. The number of rotatable bonds is 6. The molecular weight excluding hydrogens is 339 g/mol. The largest absolute Gasteiger partial charge is 0.389 e. The first kappa shape index (κ1) is 18.8. The van der Waals surface area contributed by atoms with Gasteiger partial charge < -0.3 is 15.2 Å². The number of amides is 3. The number of ether oxygens (including phenoxy) is 1. The summed E-state index contributed by atoms with van der Waals surface area (Å²) in [4.78, 5) is 26.2. The zero-order valence-electron chi connectivity index (χ0n) is 14.9. The minimum atomic E-state index is -1.02. The minimum absolute atomic E-state index is 0.0187. The maximum Gasteiger partial charge on any atom is 0.325 e. The smallest absolute Gasteiger partial charge is 0.325 e. The minimum Gasteiger partial charge on any atom is -0.389 e. The Hall–Kier alpha value is -1.99. The van der Waals surface area contributed by atoms with Gasteiger partial charge in [0.2, 0.25) is 0 Å². The Balaban J connectivity index is 1.54. The normalized spacial score (nSPS) is 27.0. The van der Waals surface area contributed by atoms with E-state index in [0.717, 1.165) is 24.2 Å². The van der Waals surface area contributed by atoms with Crippen molar-refractivity contribution in [2.24, 2.45) is 5.92 Å². The molecular formula is C19H25FN2O4. The molecule has 0 bridgehead atoms. The molecule has 0 radical (unpaired) electrons. The van der Waals surface area contributed by atoms with Gasteiger partial charge in [-0.25, -0.2) is 9.18 Å². The topological polar surface area (TPSA) is 78.9 Å². The van der Waals surface area contributed by atoms with Crippen molar-refractivity contribution in [3.05, 3.63) is 35.6 Å². The van der Waals surface area contributed by atoms with Crippen molar-refractivity contribution in [3.63, 3.8) is 0 Å². The molecule has 7 heteroatoms. The molecule has 2 N–H and O–H groups in total. The Morgan fingerprint density at radius 3 is 2.88 bits per heavy atom. The third-order valence-corrected chi connectivity index (χ3v) is 5.42. The third kappa shape index (κ3) is 3.59. The van der Waals surface area contributed by atoms with Crippen LogP contribution in [0.1, 0.15) is 38.2 Å². The zero-order valence-corrected chi connectivity index (χ0v) is 14.9. The van der Waals surface area contributed by atoms with E-state index in [0.29, 0.717) is 12.0 Å². The first-order chi connectivity index (χ1) is 12.4. The Morgan fingerprint density at radius 2 is 2.15 bits per heavy atom. The molecule has 2 aliphatic rings. The second kappa shape index (κ2) is 7.72. The van der Waals surface area contributed by atoms with Gasteiger partial charge in [0.05, 0.1) is 25.9 Å². The SMILES string of the molecule is C[C@@H]1CCCC[C@@]12NC(=O)N(C[C@@H](O)COCc1ccccc1F)C2=O. The molecule has 1 spiro atoms. The number of carbonyl (C=O) groups is 2. The molecule has 3 amide bonds. The Morgan fingerprint density at radius 1 is 1.38 bits per heavy atom. The summed E-state index contributed by atoms with van der Waals surface area (Å²) in [5, 5.41) is 13.0. The number of aliphatic hydroxyl groups is 1. The van der Waals surface area contributed by atoms with Gasteiger partial charge in [-0.1, -0.05) is 38.0 Å². The van der Waals surface area contributed by atoms with Gasteiger partial charge in [-0.3, -0.25) is 9.69 Å². The summed E-state index contributed by atoms with van der Waals surface area (Å²) in [5.74, 6) is -0.556. The molecule has 0 aromatic heterocycles. The van der Waals surface area contributed by atoms with E-state index in [1.54, 1.807) is 18.2 Å². The van der Waals surface area contributed by atoms with Crippen molar-refractivity contribution in [2.75, 3.05) is 13.2 Å². The van der Waals surface area contributed by atoms with Gasteiger partial charge in [-0.05, 0) is 24.8 Å². The fourth-order valence-corrected chi connectivity index (χ4v) is 3.85. The standard InChI is InChI=1S/C19H25FN2O4/c1-13-6-4-5-9-19(13)17(24)22(18(25)21-19)10-15(23)12-26-11-14-7-2-3-8-16(14)20/h2-3,7-8,13,15,23H,4-6,9-12H2,1H3,(H,21,25)/t13-,15-,19-/m1/s1. The Labute approximate surface area is 152 Å². The molecule has 0 unspecified atom stereocenters. The Kier molecular flexibility index (Phi) is 5.58. The van der Waals surface area contributed by atoms with Gasteiger partial charge in [-0.2, -0.15) is 0 Å². The second-order valence-electron chi connectivity index (χ2n) is 7.22. The summed E-state index contributed by atoms with van der Waals surface area (Å²) >= 11 is 0. The van der Waals surface area contributed by atoms with Gasteiger partial charge in [-0.15, -0.1) is 0 Å². The van der Waals surface area contributed by atoms with Crippen LogP contribution in [0.15, 0.2) is 24.3 Å². The molecule has 1 heterocycles. The first-order valence-corrected chi connectivity index (χ1v) is 9.07. The summed E-state index contributed by atoms with van der Waals surface area (Å²) < 4.78 is 18.9. The predicted octanol–water partition coefficient (Wildman–Crippen LogP) is 2.20. The van der Waals surface area contributed by atoms with Crippen LogP contribution in [0, 0.1) is 11.7 Å². The Bertz CT molecular complexity index is 683. The van der Waals surface area contributed by atoms with Crippen molar-refractivity contribution in [1.29, 1.82) is 0 Å². The van der Waals surface area contributed by atoms with Crippen LogP contribution >= 0.6 is 0 Å². The van der Waals surface area contributed by atoms with E-state index in [1.165, 1.54) is 6.07 Å². The highest BCUT2D eigenvalue weighted by Crippen LogP contribution is 2.38. The van der Waals surface area contributed by atoms with E-state index >= 15 is 0 Å². The fraction of sp³-hybridized carbons (Fsp3) is 0.579. The summed E-state index contributed by atoms with van der Waals surface area (Å²) in [7, 11) is 0. The number of β-amino-alcohol motifs (C(OH)–C–C–N with tert-alkyl or cyclic N) is 1. The highest BCUT2D eigenvalue weighted by atomic mass is 19.1. The maximum atomic E-state index is 13.5. The number of hydrogen-bond acceptors (Lipinski definition) is 4. The van der Waals surface area contributed by atoms with Crippen LogP contribution in [0.5, 0.6) is 0 Å². The van der Waals surface area contributed by atoms with Crippen molar-refractivity contribution >= 4 is 11.9 Å². The van der Waals surface area contributed by atoms with E-state index in [9.17, 15) is 19.1 Å². The van der Waals surface area contributed by atoms with Crippen LogP contribution in [0.25, 0.3) is 0 Å². The molecule has 1 aliphatic heterocycles. The molecule has 1 aromatic rings. The number of carbonyl (C=O) groups excluding carboxylic acids is 2. The molecule has 1 aromatic carbocycles. The lowest BCUT2D eigenvalue weighted by Crippen LogP contribution is -2.54. The number of hydrogen-bond donors (Lipinski definition) is 2. The highest BCUT2D eigenvalue weighted by Gasteiger charge is 2.54. The zero-order chi connectivity index (χ0) is 18.7. The summed E-state index contributed by atoms with van der Waals surface area (Å²) in [6.45, 7) is 1.78. The number of halogens is 1. The monoisotopic (exact) mass is 364 g/mol. The molecule has 3 atom stereocenters. The number of imide groups is 1. The van der Waals surface area contributed by atoms with Gasteiger partial charge >= 0.3 is 6.03 Å². The van der Waals surface area contributed by atoms with Gasteiger partial charge in [0.25, 0.3) is 5.91 Å². The molecule has 2 fully saturated rings. The molecule has 6 nitrogen and oxygen atoms in total. The van der Waals surface area contributed by atoms with E-state index < -0.39 is 17.7 Å². The fourth-order valence-electron chi connectivity index (χ4n) is 3.85. The lowest BCUT2D eigenvalue weighted by Gasteiger charge is -2.36. The van der Waals surface area contributed by atoms with Gasteiger partial charge in [0.15, 0.2) is 0 Å². The van der Waals surface area contributed by atoms with Crippen LogP contribution < -0.4 is 5.32 Å². The van der Waals surface area contributed by atoms with Crippen LogP contribution in [0.3, 0.4) is 0 Å². The van der Waals surface area contributed by atoms with E-state index in [1.807, 2.05) is 6.92 Å². The second-order valence-corrected chi connectivity index (χ2v) is 7.22. The van der Waals surface area contributed by atoms with E-state index in [2.05, 4.69) is 5.32 Å². The molecule has 142 valence electrons. The van der Waals surface area contributed by atoms with Crippen molar-refractivity contribution in [1.82, 2.24) is 10.2 Å².